The van der Waals surface area contributed by atoms with Crippen molar-refractivity contribution < 1.29 is 9.72 Å². The number of rotatable bonds is 5. The van der Waals surface area contributed by atoms with Crippen LogP contribution in [-0.2, 0) is 4.79 Å². The maximum atomic E-state index is 12.6. The summed E-state index contributed by atoms with van der Waals surface area (Å²) < 4.78 is 1.40. The number of nitrogens with zero attached hydrogens (tertiary/aromatic N) is 3. The van der Waals surface area contributed by atoms with Crippen molar-refractivity contribution in [2.24, 2.45) is 0 Å². The lowest BCUT2D eigenvalue weighted by Gasteiger charge is -2.17. The van der Waals surface area contributed by atoms with Crippen LogP contribution in [0.15, 0.2) is 24.3 Å². The molecule has 0 aliphatic heterocycles. The quantitative estimate of drug-likeness (QED) is 0.668. The summed E-state index contributed by atoms with van der Waals surface area (Å²) in [6.07, 6.45) is 0. The minimum Gasteiger partial charge on any atom is -0.324 e. The van der Waals surface area contributed by atoms with Crippen LogP contribution < -0.4 is 5.32 Å². The van der Waals surface area contributed by atoms with Crippen molar-refractivity contribution in [1.82, 2.24) is 9.78 Å². The second kappa shape index (κ2) is 6.82. The normalized spacial score (nSPS) is 12.2. The summed E-state index contributed by atoms with van der Waals surface area (Å²) in [5.74, 6) is 0.00942. The largest absolute Gasteiger partial charge is 0.324 e. The third-order valence-corrected chi connectivity index (χ3v) is 4.06. The third-order valence-electron chi connectivity index (χ3n) is 4.06. The monoisotopic (exact) mass is 330 g/mol. The zero-order valence-corrected chi connectivity index (χ0v) is 14.5. The van der Waals surface area contributed by atoms with Gasteiger partial charge in [0, 0.05) is 5.69 Å². The number of para-hydroxylation sites is 1. The summed E-state index contributed by atoms with van der Waals surface area (Å²) in [5, 5.41) is 18.2. The van der Waals surface area contributed by atoms with E-state index in [1.165, 1.54) is 4.68 Å². The molecule has 1 aromatic carbocycles. The number of carbonyl (C=O) groups is 1. The molecule has 0 saturated heterocycles. The van der Waals surface area contributed by atoms with E-state index in [0.29, 0.717) is 11.4 Å². The van der Waals surface area contributed by atoms with Gasteiger partial charge in [-0.05, 0) is 38.3 Å². The van der Waals surface area contributed by atoms with E-state index in [-0.39, 0.29) is 17.5 Å². The summed E-state index contributed by atoms with van der Waals surface area (Å²) >= 11 is 0. The Morgan fingerprint density at radius 1 is 1.25 bits per heavy atom. The molecule has 0 bridgehead atoms. The van der Waals surface area contributed by atoms with Gasteiger partial charge in [0.05, 0.1) is 4.92 Å². The van der Waals surface area contributed by atoms with Gasteiger partial charge in [-0.1, -0.05) is 32.0 Å². The van der Waals surface area contributed by atoms with Crippen molar-refractivity contribution in [2.45, 2.75) is 46.6 Å². The zero-order chi connectivity index (χ0) is 18.0. The molecule has 1 heterocycles. The minimum absolute atomic E-state index is 0.0442. The average Bonchev–Trinajstić information content (AvgIpc) is 2.81. The molecule has 2 aromatic rings. The molecule has 0 aliphatic rings. The Kier molecular flexibility index (Phi) is 5.02. The summed E-state index contributed by atoms with van der Waals surface area (Å²) in [4.78, 5) is 23.2. The molecule has 24 heavy (non-hydrogen) atoms. The Morgan fingerprint density at radius 2 is 1.88 bits per heavy atom. The maximum Gasteiger partial charge on any atom is 0.312 e. The first-order valence-electron chi connectivity index (χ1n) is 7.84. The Labute approximate surface area is 140 Å². The van der Waals surface area contributed by atoms with Gasteiger partial charge in [0.2, 0.25) is 5.91 Å². The highest BCUT2D eigenvalue weighted by Crippen LogP contribution is 2.27. The number of aryl methyl sites for hydroxylation is 1. The molecular weight excluding hydrogens is 308 g/mol. The van der Waals surface area contributed by atoms with Crippen molar-refractivity contribution in [3.63, 3.8) is 0 Å². The highest BCUT2D eigenvalue weighted by molar-refractivity contribution is 5.94. The summed E-state index contributed by atoms with van der Waals surface area (Å²) in [6, 6.07) is 6.96. The van der Waals surface area contributed by atoms with Gasteiger partial charge in [-0.2, -0.15) is 5.10 Å². The van der Waals surface area contributed by atoms with Gasteiger partial charge in [-0.15, -0.1) is 0 Å². The van der Waals surface area contributed by atoms with Gasteiger partial charge in [-0.3, -0.25) is 19.6 Å². The van der Waals surface area contributed by atoms with E-state index in [2.05, 4.69) is 24.3 Å². The van der Waals surface area contributed by atoms with Crippen molar-refractivity contribution in [3.8, 4) is 0 Å². The molecule has 0 aliphatic carbocycles. The molecule has 0 fully saturated rings. The highest BCUT2D eigenvalue weighted by atomic mass is 16.6. The molecule has 7 heteroatoms. The second-order valence-corrected chi connectivity index (χ2v) is 6.13. The first-order valence-corrected chi connectivity index (χ1v) is 7.84. The number of benzene rings is 1. The summed E-state index contributed by atoms with van der Waals surface area (Å²) in [7, 11) is 0. The van der Waals surface area contributed by atoms with Crippen LogP contribution in [0.2, 0.25) is 0 Å². The third kappa shape index (κ3) is 3.29. The number of hydrogen-bond acceptors (Lipinski definition) is 4. The predicted molar refractivity (Wildman–Crippen MR) is 92.2 cm³/mol. The van der Waals surface area contributed by atoms with Crippen molar-refractivity contribution in [3.05, 3.63) is 51.3 Å². The van der Waals surface area contributed by atoms with Gasteiger partial charge in [0.1, 0.15) is 17.4 Å². The predicted octanol–water partition coefficient (Wildman–Crippen LogP) is 3.73. The molecule has 2 rings (SSSR count). The van der Waals surface area contributed by atoms with Gasteiger partial charge >= 0.3 is 5.69 Å². The lowest BCUT2D eigenvalue weighted by Crippen LogP contribution is -2.25. The zero-order valence-electron chi connectivity index (χ0n) is 14.5. The van der Waals surface area contributed by atoms with Crippen LogP contribution in [0.5, 0.6) is 0 Å². The van der Waals surface area contributed by atoms with Gasteiger partial charge in [-0.25, -0.2) is 0 Å². The SMILES string of the molecule is Cc1nn(C(C)C(=O)Nc2ccccc2C(C)C)c(C)c1[N+](=O)[O-]. The molecule has 128 valence electrons. The summed E-state index contributed by atoms with van der Waals surface area (Å²) in [5.41, 5.74) is 2.42. The molecule has 7 nitrogen and oxygen atoms in total. The molecule has 1 atom stereocenters. The van der Waals surface area contributed by atoms with E-state index in [0.717, 1.165) is 11.3 Å². The van der Waals surface area contributed by atoms with Crippen LogP contribution in [0.4, 0.5) is 11.4 Å². The van der Waals surface area contributed by atoms with Crippen LogP contribution in [0.25, 0.3) is 0 Å². The fourth-order valence-corrected chi connectivity index (χ4v) is 2.76. The van der Waals surface area contributed by atoms with Crippen LogP contribution in [0.1, 0.15) is 49.7 Å². The lowest BCUT2D eigenvalue weighted by atomic mass is 10.0. The van der Waals surface area contributed by atoms with Crippen molar-refractivity contribution in [1.29, 1.82) is 0 Å². The number of carbonyl (C=O) groups excluding carboxylic acids is 1. The molecule has 0 radical (unpaired) electrons. The fourth-order valence-electron chi connectivity index (χ4n) is 2.76. The van der Waals surface area contributed by atoms with E-state index in [9.17, 15) is 14.9 Å². The molecule has 0 saturated carbocycles. The maximum absolute atomic E-state index is 12.6. The number of nitrogens with one attached hydrogen (secondary N) is 1. The fraction of sp³-hybridized carbons (Fsp3) is 0.412. The number of nitro groups is 1. The van der Waals surface area contributed by atoms with E-state index >= 15 is 0 Å². The molecule has 0 spiro atoms. The minimum atomic E-state index is -0.655. The van der Waals surface area contributed by atoms with Crippen LogP contribution in [0.3, 0.4) is 0 Å². The summed E-state index contributed by atoms with van der Waals surface area (Å²) in [6.45, 7) is 8.96. The topological polar surface area (TPSA) is 90.1 Å². The van der Waals surface area contributed by atoms with E-state index < -0.39 is 11.0 Å². The van der Waals surface area contributed by atoms with Crippen molar-refractivity contribution in [2.75, 3.05) is 5.32 Å². The number of amides is 1. The first-order chi connectivity index (χ1) is 11.2. The van der Waals surface area contributed by atoms with Crippen LogP contribution in [0, 0.1) is 24.0 Å². The van der Waals surface area contributed by atoms with Gasteiger partial charge in [0.15, 0.2) is 0 Å². The molecule has 1 unspecified atom stereocenters. The first kappa shape index (κ1) is 17.7. The van der Waals surface area contributed by atoms with Crippen LogP contribution >= 0.6 is 0 Å². The number of aromatic nitrogens is 2. The second-order valence-electron chi connectivity index (χ2n) is 6.13. The Balaban J connectivity index is 2.29. The standard InChI is InChI=1S/C17H22N4O3/c1-10(2)14-8-6-7-9-15(14)18-17(22)13(5)20-12(4)16(21(23)24)11(3)19-20/h6-10,13H,1-5H3,(H,18,22). The van der Waals surface area contributed by atoms with Gasteiger partial charge < -0.3 is 5.32 Å². The number of hydrogen-bond donors (Lipinski definition) is 1. The van der Waals surface area contributed by atoms with E-state index in [1.54, 1.807) is 20.8 Å². The Morgan fingerprint density at radius 3 is 2.42 bits per heavy atom. The molecule has 1 amide bonds. The van der Waals surface area contributed by atoms with E-state index in [1.807, 2.05) is 24.3 Å². The number of anilines is 1. The smallest absolute Gasteiger partial charge is 0.312 e. The molecule has 1 N–H and O–H groups in total. The Bertz CT molecular complexity index is 780. The molecule has 1 aromatic heterocycles. The average molecular weight is 330 g/mol. The van der Waals surface area contributed by atoms with Gasteiger partial charge in [0.25, 0.3) is 0 Å². The highest BCUT2D eigenvalue weighted by Gasteiger charge is 2.27. The van der Waals surface area contributed by atoms with Crippen LogP contribution in [-0.4, -0.2) is 20.6 Å². The van der Waals surface area contributed by atoms with Crippen molar-refractivity contribution >= 4 is 17.3 Å². The Hall–Kier alpha value is -2.70. The lowest BCUT2D eigenvalue weighted by molar-refractivity contribution is -0.386. The molecular formula is C17H22N4O3. The van der Waals surface area contributed by atoms with E-state index in [4.69, 9.17) is 0 Å².